The summed E-state index contributed by atoms with van der Waals surface area (Å²) in [7, 11) is 1.63. The maximum atomic E-state index is 5.31. The zero-order chi connectivity index (χ0) is 15.6. The molecule has 0 unspecified atom stereocenters. The van der Waals surface area contributed by atoms with Gasteiger partial charge in [0.05, 0.1) is 7.11 Å². The van der Waals surface area contributed by atoms with Crippen LogP contribution in [0, 0.1) is 0 Å². The molecule has 0 aliphatic carbocycles. The summed E-state index contributed by atoms with van der Waals surface area (Å²) in [6.07, 6.45) is 7.40. The van der Waals surface area contributed by atoms with Crippen LogP contribution < -0.4 is 9.64 Å². The van der Waals surface area contributed by atoms with Crippen molar-refractivity contribution in [1.29, 1.82) is 0 Å². The number of ether oxygens (including phenoxy) is 1. The summed E-state index contributed by atoms with van der Waals surface area (Å²) in [6.45, 7) is 1.81. The molecule has 0 radical (unpaired) electrons. The van der Waals surface area contributed by atoms with E-state index in [0.29, 0.717) is 11.8 Å². The van der Waals surface area contributed by atoms with Crippen molar-refractivity contribution >= 4 is 11.5 Å². The van der Waals surface area contributed by atoms with Gasteiger partial charge in [-0.05, 0) is 25.0 Å². The highest BCUT2D eigenvalue weighted by atomic mass is 16.5. The minimum absolute atomic E-state index is 0.409. The normalized spacial score (nSPS) is 16.0. The van der Waals surface area contributed by atoms with Gasteiger partial charge in [0, 0.05) is 37.6 Å². The highest BCUT2D eigenvalue weighted by molar-refractivity contribution is 5.48. The van der Waals surface area contributed by atoms with Crippen molar-refractivity contribution < 1.29 is 4.74 Å². The molecular formula is C16H18N6O. The number of hydrogen-bond acceptors (Lipinski definition) is 6. The molecule has 3 aromatic rings. The first kappa shape index (κ1) is 13.9. The van der Waals surface area contributed by atoms with Gasteiger partial charge in [0.1, 0.15) is 5.82 Å². The van der Waals surface area contributed by atoms with E-state index in [-0.39, 0.29) is 0 Å². The number of pyridine rings is 1. The van der Waals surface area contributed by atoms with Gasteiger partial charge in [0.25, 0.3) is 5.88 Å². The third-order valence-corrected chi connectivity index (χ3v) is 4.34. The molecule has 1 saturated heterocycles. The Labute approximate surface area is 134 Å². The Morgan fingerprint density at radius 1 is 1.09 bits per heavy atom. The lowest BCUT2D eigenvalue weighted by molar-refractivity contribution is 0.391. The van der Waals surface area contributed by atoms with Crippen LogP contribution in [0.5, 0.6) is 5.88 Å². The van der Waals surface area contributed by atoms with Crippen molar-refractivity contribution in [2.24, 2.45) is 0 Å². The number of aromatic nitrogens is 5. The Bertz CT molecular complexity index is 809. The monoisotopic (exact) mass is 310 g/mol. The highest BCUT2D eigenvalue weighted by Crippen LogP contribution is 2.31. The quantitative estimate of drug-likeness (QED) is 0.736. The molecule has 0 saturated carbocycles. The van der Waals surface area contributed by atoms with Crippen molar-refractivity contribution in [2.45, 2.75) is 18.8 Å². The fourth-order valence-corrected chi connectivity index (χ4v) is 3.17. The van der Waals surface area contributed by atoms with Crippen LogP contribution in [0.15, 0.2) is 36.8 Å². The van der Waals surface area contributed by atoms with Crippen molar-refractivity contribution in [2.75, 3.05) is 25.1 Å². The Morgan fingerprint density at radius 3 is 2.74 bits per heavy atom. The standard InChI is InChI=1S/C16H18N6O/c1-23-16-15(17-7-8-18-16)21-10-5-12(6-11-21)14-20-19-13-4-2-3-9-22(13)14/h2-4,7-9,12H,5-6,10-11H2,1H3. The zero-order valence-corrected chi connectivity index (χ0v) is 13.0. The Morgan fingerprint density at radius 2 is 1.91 bits per heavy atom. The topological polar surface area (TPSA) is 68.4 Å². The van der Waals surface area contributed by atoms with E-state index >= 15 is 0 Å². The summed E-state index contributed by atoms with van der Waals surface area (Å²) in [5.41, 5.74) is 0.903. The van der Waals surface area contributed by atoms with E-state index in [4.69, 9.17) is 4.74 Å². The molecule has 1 fully saturated rings. The van der Waals surface area contributed by atoms with Crippen LogP contribution in [0.4, 0.5) is 5.82 Å². The third kappa shape index (κ3) is 2.48. The zero-order valence-electron chi connectivity index (χ0n) is 13.0. The fraction of sp³-hybridized carbons (Fsp3) is 0.375. The summed E-state index contributed by atoms with van der Waals surface area (Å²) < 4.78 is 7.40. The lowest BCUT2D eigenvalue weighted by atomic mass is 9.96. The van der Waals surface area contributed by atoms with Crippen molar-refractivity contribution in [3.63, 3.8) is 0 Å². The summed E-state index contributed by atoms with van der Waals surface area (Å²) in [5, 5.41) is 8.65. The molecular weight excluding hydrogens is 292 g/mol. The van der Waals surface area contributed by atoms with Gasteiger partial charge >= 0.3 is 0 Å². The summed E-state index contributed by atoms with van der Waals surface area (Å²) in [5.74, 6) is 2.86. The van der Waals surface area contributed by atoms with Gasteiger partial charge in [-0.25, -0.2) is 9.97 Å². The van der Waals surface area contributed by atoms with E-state index in [0.717, 1.165) is 43.2 Å². The van der Waals surface area contributed by atoms with Crippen LogP contribution in [-0.2, 0) is 0 Å². The minimum atomic E-state index is 0.409. The molecule has 0 bridgehead atoms. The lowest BCUT2D eigenvalue weighted by Crippen LogP contribution is -2.34. The molecule has 1 aliphatic rings. The summed E-state index contributed by atoms with van der Waals surface area (Å²) >= 11 is 0. The van der Waals surface area contributed by atoms with Crippen molar-refractivity contribution in [3.8, 4) is 5.88 Å². The first-order chi connectivity index (χ1) is 11.4. The molecule has 3 aromatic heterocycles. The van der Waals surface area contributed by atoms with E-state index in [1.165, 1.54) is 0 Å². The molecule has 1 aliphatic heterocycles. The molecule has 0 spiro atoms. The maximum absolute atomic E-state index is 5.31. The van der Waals surface area contributed by atoms with Gasteiger partial charge < -0.3 is 9.64 Å². The predicted octanol–water partition coefficient (Wildman–Crippen LogP) is 1.91. The van der Waals surface area contributed by atoms with E-state index < -0.39 is 0 Å². The van der Waals surface area contributed by atoms with Crippen LogP contribution in [0.25, 0.3) is 5.65 Å². The van der Waals surface area contributed by atoms with E-state index in [2.05, 4.69) is 29.5 Å². The lowest BCUT2D eigenvalue weighted by Gasteiger charge is -2.32. The second-order valence-electron chi connectivity index (χ2n) is 5.64. The van der Waals surface area contributed by atoms with Crippen molar-refractivity contribution in [1.82, 2.24) is 24.6 Å². The SMILES string of the molecule is COc1nccnc1N1CCC(c2nnc3ccccn23)CC1. The number of piperidine rings is 1. The molecule has 118 valence electrons. The first-order valence-electron chi connectivity index (χ1n) is 7.76. The average molecular weight is 310 g/mol. The molecule has 0 N–H and O–H groups in total. The number of nitrogens with zero attached hydrogens (tertiary/aromatic N) is 6. The van der Waals surface area contributed by atoms with Gasteiger partial charge in [-0.15, -0.1) is 10.2 Å². The highest BCUT2D eigenvalue weighted by Gasteiger charge is 2.26. The molecule has 0 amide bonds. The largest absolute Gasteiger partial charge is 0.478 e. The third-order valence-electron chi connectivity index (χ3n) is 4.34. The van der Waals surface area contributed by atoms with Crippen molar-refractivity contribution in [3.05, 3.63) is 42.6 Å². The average Bonchev–Trinajstić information content (AvgIpc) is 3.06. The maximum Gasteiger partial charge on any atom is 0.257 e. The minimum Gasteiger partial charge on any atom is -0.478 e. The van der Waals surface area contributed by atoms with Gasteiger partial charge in [-0.1, -0.05) is 6.07 Å². The van der Waals surface area contributed by atoms with Gasteiger partial charge in [-0.3, -0.25) is 4.40 Å². The molecule has 4 rings (SSSR count). The van der Waals surface area contributed by atoms with E-state index in [9.17, 15) is 0 Å². The number of anilines is 1. The Balaban J connectivity index is 1.53. The van der Waals surface area contributed by atoms with E-state index in [1.807, 2.05) is 24.4 Å². The smallest absolute Gasteiger partial charge is 0.257 e. The summed E-state index contributed by atoms with van der Waals surface area (Å²) in [4.78, 5) is 10.9. The molecule has 23 heavy (non-hydrogen) atoms. The van der Waals surface area contributed by atoms with Gasteiger partial charge in [0.15, 0.2) is 11.5 Å². The molecule has 4 heterocycles. The number of hydrogen-bond donors (Lipinski definition) is 0. The molecule has 0 atom stereocenters. The van der Waals surface area contributed by atoms with Gasteiger partial charge in [-0.2, -0.15) is 0 Å². The number of fused-ring (bicyclic) bond motifs is 1. The van der Waals surface area contributed by atoms with Crippen LogP contribution >= 0.6 is 0 Å². The van der Waals surface area contributed by atoms with Crippen LogP contribution in [0.1, 0.15) is 24.6 Å². The number of methoxy groups -OCH3 is 1. The molecule has 7 nitrogen and oxygen atoms in total. The Hall–Kier alpha value is -2.70. The van der Waals surface area contributed by atoms with E-state index in [1.54, 1.807) is 19.5 Å². The molecule has 7 heteroatoms. The van der Waals surface area contributed by atoms with Gasteiger partial charge in [0.2, 0.25) is 0 Å². The van der Waals surface area contributed by atoms with Crippen LogP contribution in [0.3, 0.4) is 0 Å². The second kappa shape index (κ2) is 5.83. The Kier molecular flexibility index (Phi) is 3.53. The first-order valence-corrected chi connectivity index (χ1v) is 7.76. The molecule has 0 aromatic carbocycles. The second-order valence-corrected chi connectivity index (χ2v) is 5.64. The predicted molar refractivity (Wildman–Crippen MR) is 85.8 cm³/mol. The van der Waals surface area contributed by atoms with Crippen LogP contribution in [0.2, 0.25) is 0 Å². The van der Waals surface area contributed by atoms with Crippen LogP contribution in [-0.4, -0.2) is 44.8 Å². The summed E-state index contributed by atoms with van der Waals surface area (Å²) in [6, 6.07) is 5.98. The fourth-order valence-electron chi connectivity index (χ4n) is 3.17. The number of rotatable bonds is 3.